The van der Waals surface area contributed by atoms with Gasteiger partial charge < -0.3 is 10.4 Å². The van der Waals surface area contributed by atoms with Crippen molar-refractivity contribution in [2.45, 2.75) is 32.9 Å². The third-order valence-electron chi connectivity index (χ3n) is 2.81. The minimum absolute atomic E-state index is 0.147. The summed E-state index contributed by atoms with van der Waals surface area (Å²) < 4.78 is 1.09. The van der Waals surface area contributed by atoms with Crippen LogP contribution in [-0.2, 0) is 0 Å². The van der Waals surface area contributed by atoms with E-state index in [-0.39, 0.29) is 18.7 Å². The molecular weight excluding hydrogens is 266 g/mol. The number of hydrogen-bond donors (Lipinski definition) is 2. The van der Waals surface area contributed by atoms with E-state index in [0.717, 1.165) is 4.47 Å². The molecule has 0 heterocycles. The van der Waals surface area contributed by atoms with E-state index in [1.54, 1.807) is 0 Å². The summed E-state index contributed by atoms with van der Waals surface area (Å²) >= 11 is 3.47. The number of halogens is 1. The van der Waals surface area contributed by atoms with Crippen LogP contribution in [0.3, 0.4) is 0 Å². The Morgan fingerprint density at radius 3 is 2.50 bits per heavy atom. The molecule has 1 aromatic carbocycles. The molecule has 16 heavy (non-hydrogen) atoms. The quantitative estimate of drug-likeness (QED) is 0.871. The van der Waals surface area contributed by atoms with Crippen molar-refractivity contribution in [3.8, 4) is 0 Å². The van der Waals surface area contributed by atoms with Gasteiger partial charge in [0.05, 0.1) is 6.61 Å². The Kier molecular flexibility index (Phi) is 5.46. The molecule has 0 saturated carbocycles. The lowest BCUT2D eigenvalue weighted by atomic mass is 10.0. The fourth-order valence-corrected chi connectivity index (χ4v) is 2.07. The maximum absolute atomic E-state index is 9.28. The van der Waals surface area contributed by atoms with Crippen LogP contribution in [0, 0.1) is 5.92 Å². The zero-order valence-electron chi connectivity index (χ0n) is 10.1. The van der Waals surface area contributed by atoms with Crippen LogP contribution >= 0.6 is 15.9 Å². The third-order valence-corrected chi connectivity index (χ3v) is 3.31. The van der Waals surface area contributed by atoms with Gasteiger partial charge >= 0.3 is 0 Å². The van der Waals surface area contributed by atoms with Gasteiger partial charge in [-0.25, -0.2) is 0 Å². The van der Waals surface area contributed by atoms with Crippen molar-refractivity contribution < 1.29 is 5.11 Å². The summed E-state index contributed by atoms with van der Waals surface area (Å²) in [4.78, 5) is 0. The van der Waals surface area contributed by atoms with Crippen molar-refractivity contribution in [2.75, 3.05) is 6.61 Å². The van der Waals surface area contributed by atoms with E-state index in [2.05, 4.69) is 54.2 Å². The highest BCUT2D eigenvalue weighted by atomic mass is 79.9. The number of aliphatic hydroxyl groups excluding tert-OH is 1. The summed E-state index contributed by atoms with van der Waals surface area (Å²) in [5.74, 6) is 0.430. The monoisotopic (exact) mass is 285 g/mol. The molecule has 2 nitrogen and oxygen atoms in total. The van der Waals surface area contributed by atoms with Crippen LogP contribution in [0.15, 0.2) is 28.7 Å². The van der Waals surface area contributed by atoms with E-state index >= 15 is 0 Å². The molecule has 2 N–H and O–H groups in total. The predicted molar refractivity (Wildman–Crippen MR) is 71.4 cm³/mol. The van der Waals surface area contributed by atoms with Gasteiger partial charge in [0.1, 0.15) is 0 Å². The predicted octanol–water partition coefficient (Wildman–Crippen LogP) is 3.12. The summed E-state index contributed by atoms with van der Waals surface area (Å²) in [5, 5.41) is 12.7. The Balaban J connectivity index is 2.67. The lowest BCUT2D eigenvalue weighted by Crippen LogP contribution is -2.38. The second kappa shape index (κ2) is 6.38. The molecule has 0 aromatic heterocycles. The van der Waals surface area contributed by atoms with E-state index in [1.807, 2.05) is 12.1 Å². The molecule has 2 unspecified atom stereocenters. The first-order chi connectivity index (χ1) is 7.54. The first-order valence-electron chi connectivity index (χ1n) is 5.67. The van der Waals surface area contributed by atoms with Gasteiger partial charge in [0.15, 0.2) is 0 Å². The minimum Gasteiger partial charge on any atom is -0.395 e. The Morgan fingerprint density at radius 2 is 2.00 bits per heavy atom. The van der Waals surface area contributed by atoms with Gasteiger partial charge in [-0.2, -0.15) is 0 Å². The maximum Gasteiger partial charge on any atom is 0.0587 e. The third kappa shape index (κ3) is 3.89. The van der Waals surface area contributed by atoms with Gasteiger partial charge in [0.25, 0.3) is 0 Å². The molecule has 1 aromatic rings. The lowest BCUT2D eigenvalue weighted by molar-refractivity contribution is 0.201. The molecule has 0 aliphatic heterocycles. The van der Waals surface area contributed by atoms with E-state index in [9.17, 15) is 5.11 Å². The molecule has 0 fully saturated rings. The average molecular weight is 286 g/mol. The molecule has 0 aliphatic rings. The van der Waals surface area contributed by atoms with Crippen molar-refractivity contribution >= 4 is 15.9 Å². The van der Waals surface area contributed by atoms with Crippen molar-refractivity contribution in [1.29, 1.82) is 0 Å². The van der Waals surface area contributed by atoms with Crippen molar-refractivity contribution in [1.82, 2.24) is 5.32 Å². The highest BCUT2D eigenvalue weighted by molar-refractivity contribution is 9.10. The molecule has 3 heteroatoms. The lowest BCUT2D eigenvalue weighted by Gasteiger charge is -2.25. The summed E-state index contributed by atoms with van der Waals surface area (Å²) in [5.41, 5.74) is 1.23. The first-order valence-corrected chi connectivity index (χ1v) is 6.46. The van der Waals surface area contributed by atoms with Crippen LogP contribution in [0.2, 0.25) is 0 Å². The zero-order valence-corrected chi connectivity index (χ0v) is 11.7. The molecular formula is C13H20BrNO. The van der Waals surface area contributed by atoms with E-state index in [4.69, 9.17) is 0 Å². The van der Waals surface area contributed by atoms with E-state index in [0.29, 0.717) is 5.92 Å². The molecule has 0 saturated heterocycles. The number of nitrogens with one attached hydrogen (secondary N) is 1. The molecule has 2 atom stereocenters. The van der Waals surface area contributed by atoms with Crippen LogP contribution in [0.25, 0.3) is 0 Å². The Bertz CT molecular complexity index is 327. The Labute approximate surface area is 106 Å². The van der Waals surface area contributed by atoms with Crippen molar-refractivity contribution in [3.05, 3.63) is 34.3 Å². The summed E-state index contributed by atoms with van der Waals surface area (Å²) in [6.45, 7) is 6.52. The molecule has 0 radical (unpaired) electrons. The summed E-state index contributed by atoms with van der Waals surface area (Å²) in [6, 6.07) is 8.64. The number of aliphatic hydroxyl groups is 1. The second-order valence-corrected chi connectivity index (χ2v) is 5.39. The summed E-state index contributed by atoms with van der Waals surface area (Å²) in [7, 11) is 0. The molecule has 90 valence electrons. The van der Waals surface area contributed by atoms with Gasteiger partial charge in [-0.3, -0.25) is 0 Å². The molecule has 0 amide bonds. The highest BCUT2D eigenvalue weighted by Gasteiger charge is 2.15. The fourth-order valence-electron chi connectivity index (χ4n) is 1.65. The molecule has 0 aliphatic carbocycles. The minimum atomic E-state index is 0.147. The molecule has 0 spiro atoms. The van der Waals surface area contributed by atoms with Crippen LogP contribution in [0.4, 0.5) is 0 Å². The summed E-state index contributed by atoms with van der Waals surface area (Å²) in [6.07, 6.45) is 0. The largest absolute Gasteiger partial charge is 0.395 e. The molecule has 1 rings (SSSR count). The fraction of sp³-hybridized carbons (Fsp3) is 0.538. The molecule has 0 bridgehead atoms. The van der Waals surface area contributed by atoms with Gasteiger partial charge in [-0.15, -0.1) is 0 Å². The number of hydrogen-bond acceptors (Lipinski definition) is 2. The van der Waals surface area contributed by atoms with Crippen LogP contribution < -0.4 is 5.32 Å². The standard InChI is InChI=1S/C13H20BrNO/c1-9(2)13(8-16)15-10(3)11-5-4-6-12(14)7-11/h4-7,9-10,13,15-16H,8H2,1-3H3. The SMILES string of the molecule is CC(NC(CO)C(C)C)c1cccc(Br)c1. The van der Waals surface area contributed by atoms with Crippen molar-refractivity contribution in [3.63, 3.8) is 0 Å². The van der Waals surface area contributed by atoms with Gasteiger partial charge in [0, 0.05) is 16.6 Å². The second-order valence-electron chi connectivity index (χ2n) is 4.48. The number of benzene rings is 1. The van der Waals surface area contributed by atoms with E-state index in [1.165, 1.54) is 5.56 Å². The van der Waals surface area contributed by atoms with Crippen LogP contribution in [0.5, 0.6) is 0 Å². The average Bonchev–Trinajstić information content (AvgIpc) is 2.25. The maximum atomic E-state index is 9.28. The van der Waals surface area contributed by atoms with Crippen molar-refractivity contribution in [2.24, 2.45) is 5.92 Å². The Morgan fingerprint density at radius 1 is 1.31 bits per heavy atom. The zero-order chi connectivity index (χ0) is 12.1. The van der Waals surface area contributed by atoms with Gasteiger partial charge in [0.2, 0.25) is 0 Å². The first kappa shape index (κ1) is 13.7. The van der Waals surface area contributed by atoms with Crippen LogP contribution in [0.1, 0.15) is 32.4 Å². The van der Waals surface area contributed by atoms with Gasteiger partial charge in [-0.05, 0) is 30.5 Å². The normalized spacial score (nSPS) is 15.1. The van der Waals surface area contributed by atoms with Crippen LogP contribution in [-0.4, -0.2) is 17.8 Å². The van der Waals surface area contributed by atoms with Gasteiger partial charge in [-0.1, -0.05) is 41.9 Å². The smallest absolute Gasteiger partial charge is 0.0587 e. The topological polar surface area (TPSA) is 32.3 Å². The Hall–Kier alpha value is -0.380. The highest BCUT2D eigenvalue weighted by Crippen LogP contribution is 2.19. The van der Waals surface area contributed by atoms with E-state index < -0.39 is 0 Å². The number of rotatable bonds is 5.